The van der Waals surface area contributed by atoms with Gasteiger partial charge in [-0.2, -0.15) is 11.8 Å². The molecule has 2 N–H and O–H groups in total. The fourth-order valence-corrected chi connectivity index (χ4v) is 6.42. The summed E-state index contributed by atoms with van der Waals surface area (Å²) in [4.78, 5) is 0. The van der Waals surface area contributed by atoms with Gasteiger partial charge < -0.3 is 10.5 Å². The lowest BCUT2D eigenvalue weighted by atomic mass is 9.48. The van der Waals surface area contributed by atoms with E-state index in [4.69, 9.17) is 10.5 Å². The summed E-state index contributed by atoms with van der Waals surface area (Å²) >= 11 is 2.05. The van der Waals surface area contributed by atoms with Gasteiger partial charge in [-0.05, 0) is 73.9 Å². The van der Waals surface area contributed by atoms with Crippen molar-refractivity contribution in [2.45, 2.75) is 51.0 Å². The van der Waals surface area contributed by atoms with Gasteiger partial charge in [0, 0.05) is 25.5 Å². The Hall–Kier alpha value is 0.270. The zero-order chi connectivity index (χ0) is 13.3. The molecule has 1 atom stereocenters. The summed E-state index contributed by atoms with van der Waals surface area (Å²) in [5, 5.41) is 0. The van der Waals surface area contributed by atoms with Crippen molar-refractivity contribution in [3.63, 3.8) is 0 Å². The Balaban J connectivity index is 1.50. The second kappa shape index (κ2) is 5.95. The number of hydrogen-bond acceptors (Lipinski definition) is 3. The van der Waals surface area contributed by atoms with Crippen molar-refractivity contribution < 1.29 is 4.74 Å². The predicted molar refractivity (Wildman–Crippen MR) is 82.4 cm³/mol. The summed E-state index contributed by atoms with van der Waals surface area (Å²) < 4.78 is 5.10. The molecule has 0 amide bonds. The molecule has 4 aliphatic rings. The summed E-state index contributed by atoms with van der Waals surface area (Å²) in [7, 11) is 1.78. The van der Waals surface area contributed by atoms with E-state index < -0.39 is 0 Å². The Morgan fingerprint density at radius 2 is 1.74 bits per heavy atom. The molecule has 4 rings (SSSR count). The van der Waals surface area contributed by atoms with Crippen LogP contribution in [0.3, 0.4) is 0 Å². The average molecular weight is 283 g/mol. The molecule has 0 aliphatic heterocycles. The molecule has 0 spiro atoms. The van der Waals surface area contributed by atoms with E-state index >= 15 is 0 Å². The van der Waals surface area contributed by atoms with Crippen LogP contribution in [-0.4, -0.2) is 31.3 Å². The number of nitrogens with two attached hydrogens (primary N) is 1. The van der Waals surface area contributed by atoms with Crippen LogP contribution in [0.1, 0.15) is 44.9 Å². The van der Waals surface area contributed by atoms with Gasteiger partial charge in [0.25, 0.3) is 0 Å². The molecule has 4 saturated carbocycles. The lowest BCUT2D eigenvalue weighted by Crippen LogP contribution is -2.55. The summed E-state index contributed by atoms with van der Waals surface area (Å²) in [6.45, 7) is 0.888. The first kappa shape index (κ1) is 14.2. The van der Waals surface area contributed by atoms with Crippen molar-refractivity contribution in [2.24, 2.45) is 28.9 Å². The molecule has 4 fully saturated rings. The van der Waals surface area contributed by atoms with Crippen LogP contribution in [-0.2, 0) is 4.74 Å². The molecular formula is C16H29NOS. The van der Waals surface area contributed by atoms with Crippen LogP contribution in [0, 0.1) is 23.2 Å². The van der Waals surface area contributed by atoms with Crippen molar-refractivity contribution in [1.82, 2.24) is 0 Å². The first-order valence-electron chi connectivity index (χ1n) is 8.04. The van der Waals surface area contributed by atoms with Crippen LogP contribution in [0.5, 0.6) is 0 Å². The molecule has 4 bridgehead atoms. The highest BCUT2D eigenvalue weighted by atomic mass is 32.2. The monoisotopic (exact) mass is 283 g/mol. The standard InChI is InChI=1S/C16H29NOS/c1-18-3-2-4-19-11-15(17)16-8-12-5-13(9-16)7-14(6-12)10-16/h12-15H,2-11,17H2,1H3. The molecule has 0 saturated heterocycles. The first-order chi connectivity index (χ1) is 9.22. The highest BCUT2D eigenvalue weighted by molar-refractivity contribution is 7.99. The van der Waals surface area contributed by atoms with E-state index in [1.165, 1.54) is 44.3 Å². The van der Waals surface area contributed by atoms with E-state index in [-0.39, 0.29) is 0 Å². The minimum atomic E-state index is 0.438. The van der Waals surface area contributed by atoms with Gasteiger partial charge in [-0.1, -0.05) is 0 Å². The second-order valence-electron chi connectivity index (χ2n) is 7.31. The number of ether oxygens (including phenoxy) is 1. The van der Waals surface area contributed by atoms with Crippen LogP contribution in [0.25, 0.3) is 0 Å². The Bertz CT molecular complexity index is 272. The fourth-order valence-electron chi connectivity index (χ4n) is 5.32. The zero-order valence-electron chi connectivity index (χ0n) is 12.3. The number of hydrogen-bond donors (Lipinski definition) is 1. The quantitative estimate of drug-likeness (QED) is 0.728. The van der Waals surface area contributed by atoms with Gasteiger partial charge in [0.2, 0.25) is 0 Å². The second-order valence-corrected chi connectivity index (χ2v) is 8.46. The fraction of sp³-hybridized carbons (Fsp3) is 1.00. The van der Waals surface area contributed by atoms with Gasteiger partial charge in [-0.3, -0.25) is 0 Å². The number of rotatable bonds is 7. The maximum atomic E-state index is 6.64. The van der Waals surface area contributed by atoms with Gasteiger partial charge in [0.05, 0.1) is 0 Å². The molecule has 0 heterocycles. The maximum Gasteiger partial charge on any atom is 0.0470 e. The van der Waals surface area contributed by atoms with E-state index in [1.54, 1.807) is 7.11 Å². The maximum absolute atomic E-state index is 6.64. The molecule has 0 radical (unpaired) electrons. The lowest BCUT2D eigenvalue weighted by molar-refractivity contribution is -0.0629. The third-order valence-corrected chi connectivity index (χ3v) is 6.98. The molecular weight excluding hydrogens is 254 g/mol. The van der Waals surface area contributed by atoms with Gasteiger partial charge in [-0.15, -0.1) is 0 Å². The van der Waals surface area contributed by atoms with Gasteiger partial charge in [0.1, 0.15) is 0 Å². The van der Waals surface area contributed by atoms with Gasteiger partial charge in [0.15, 0.2) is 0 Å². The summed E-state index contributed by atoms with van der Waals surface area (Å²) in [5.74, 6) is 5.44. The molecule has 0 aromatic carbocycles. The van der Waals surface area contributed by atoms with E-state index in [2.05, 4.69) is 0 Å². The van der Waals surface area contributed by atoms with E-state index in [1.807, 2.05) is 11.8 Å². The summed E-state index contributed by atoms with van der Waals surface area (Å²) in [6, 6.07) is 0.438. The topological polar surface area (TPSA) is 35.2 Å². The van der Waals surface area contributed by atoms with Crippen LogP contribution < -0.4 is 5.73 Å². The summed E-state index contributed by atoms with van der Waals surface area (Å²) in [6.07, 6.45) is 10.1. The minimum absolute atomic E-state index is 0.438. The van der Waals surface area contributed by atoms with Crippen molar-refractivity contribution in [3.05, 3.63) is 0 Å². The van der Waals surface area contributed by atoms with Crippen molar-refractivity contribution in [2.75, 3.05) is 25.2 Å². The Labute approximate surface area is 122 Å². The molecule has 19 heavy (non-hydrogen) atoms. The Morgan fingerprint density at radius 1 is 1.16 bits per heavy atom. The van der Waals surface area contributed by atoms with Gasteiger partial charge in [-0.25, -0.2) is 0 Å². The van der Waals surface area contributed by atoms with E-state index in [0.717, 1.165) is 36.5 Å². The predicted octanol–water partition coefficient (Wildman–Crippen LogP) is 3.30. The molecule has 2 nitrogen and oxygen atoms in total. The smallest absolute Gasteiger partial charge is 0.0470 e. The molecule has 110 valence electrons. The van der Waals surface area contributed by atoms with Gasteiger partial charge >= 0.3 is 0 Å². The summed E-state index contributed by atoms with van der Waals surface area (Å²) in [5.41, 5.74) is 7.17. The number of methoxy groups -OCH3 is 1. The highest BCUT2D eigenvalue weighted by Gasteiger charge is 2.53. The molecule has 4 aliphatic carbocycles. The minimum Gasteiger partial charge on any atom is -0.385 e. The van der Waals surface area contributed by atoms with E-state index in [9.17, 15) is 0 Å². The molecule has 0 aromatic rings. The van der Waals surface area contributed by atoms with Crippen molar-refractivity contribution in [3.8, 4) is 0 Å². The molecule has 0 aromatic heterocycles. The zero-order valence-corrected chi connectivity index (χ0v) is 13.1. The van der Waals surface area contributed by atoms with Crippen LogP contribution >= 0.6 is 11.8 Å². The largest absolute Gasteiger partial charge is 0.385 e. The van der Waals surface area contributed by atoms with Crippen LogP contribution in [0.15, 0.2) is 0 Å². The van der Waals surface area contributed by atoms with Crippen LogP contribution in [0.2, 0.25) is 0 Å². The van der Waals surface area contributed by atoms with Crippen molar-refractivity contribution in [1.29, 1.82) is 0 Å². The third-order valence-electron chi connectivity index (χ3n) is 5.81. The molecule has 1 unspecified atom stereocenters. The molecule has 3 heteroatoms. The SMILES string of the molecule is COCCCSCC(N)C12CC3CC(CC(C3)C1)C2. The number of thioether (sulfide) groups is 1. The highest BCUT2D eigenvalue weighted by Crippen LogP contribution is 2.61. The third kappa shape index (κ3) is 2.98. The normalized spacial score (nSPS) is 41.7. The van der Waals surface area contributed by atoms with E-state index in [0.29, 0.717) is 11.5 Å². The average Bonchev–Trinajstić information content (AvgIpc) is 2.36. The van der Waals surface area contributed by atoms with Crippen molar-refractivity contribution >= 4 is 11.8 Å². The lowest BCUT2D eigenvalue weighted by Gasteiger charge is -2.59. The Kier molecular flexibility index (Phi) is 4.45. The first-order valence-corrected chi connectivity index (χ1v) is 9.19. The Morgan fingerprint density at radius 3 is 2.26 bits per heavy atom. The van der Waals surface area contributed by atoms with Crippen LogP contribution in [0.4, 0.5) is 0 Å².